The van der Waals surface area contributed by atoms with E-state index in [9.17, 15) is 9.90 Å². The zero-order valence-electron chi connectivity index (χ0n) is 14.3. The van der Waals surface area contributed by atoms with Crippen LogP contribution in [0.4, 0.5) is 0 Å². The Labute approximate surface area is 168 Å². The molecule has 26 heavy (non-hydrogen) atoms. The molecule has 5 rings (SSSR count). The number of thiophene rings is 1. The summed E-state index contributed by atoms with van der Waals surface area (Å²) in [6.45, 7) is 0. The Balaban J connectivity index is 1.59. The minimum Gasteiger partial charge on any atom is -0.480 e. The lowest BCUT2D eigenvalue weighted by Crippen LogP contribution is -2.42. The summed E-state index contributed by atoms with van der Waals surface area (Å²) in [5, 5.41) is 20.2. The molecule has 2 saturated carbocycles. The van der Waals surface area contributed by atoms with Crippen LogP contribution in [0, 0.1) is 0 Å². The molecule has 2 heterocycles. The van der Waals surface area contributed by atoms with E-state index in [-0.39, 0.29) is 0 Å². The summed E-state index contributed by atoms with van der Waals surface area (Å²) in [4.78, 5) is 13.4. The van der Waals surface area contributed by atoms with Gasteiger partial charge in [-0.3, -0.25) is 9.36 Å². The van der Waals surface area contributed by atoms with Crippen LogP contribution in [0.3, 0.4) is 0 Å². The van der Waals surface area contributed by atoms with Gasteiger partial charge in [0, 0.05) is 4.88 Å². The number of carbonyl (C=O) groups is 1. The average molecular weight is 454 g/mol. The summed E-state index contributed by atoms with van der Waals surface area (Å²) in [7, 11) is 0. The van der Waals surface area contributed by atoms with Crippen LogP contribution in [0.1, 0.15) is 66.9 Å². The Morgan fingerprint density at radius 1 is 1.19 bits per heavy atom. The Bertz CT molecular complexity index is 883. The summed E-state index contributed by atoms with van der Waals surface area (Å²) < 4.78 is 2.01. The van der Waals surface area contributed by atoms with Crippen LogP contribution in [-0.4, -0.2) is 30.6 Å². The topological polar surface area (TPSA) is 68.0 Å². The van der Waals surface area contributed by atoms with Gasteiger partial charge in [0.1, 0.15) is 9.75 Å². The number of rotatable bonds is 5. The van der Waals surface area contributed by atoms with Crippen LogP contribution in [-0.2, 0) is 17.6 Å². The van der Waals surface area contributed by atoms with Crippen molar-refractivity contribution < 1.29 is 9.90 Å². The van der Waals surface area contributed by atoms with Crippen LogP contribution in [0.2, 0.25) is 0 Å². The lowest BCUT2D eigenvalue weighted by Gasteiger charge is -2.36. The van der Waals surface area contributed by atoms with Crippen molar-refractivity contribution in [3.05, 3.63) is 20.7 Å². The van der Waals surface area contributed by atoms with E-state index in [0.717, 1.165) is 18.8 Å². The third-order valence-corrected chi connectivity index (χ3v) is 9.17. The van der Waals surface area contributed by atoms with Crippen molar-refractivity contribution in [2.75, 3.05) is 0 Å². The van der Waals surface area contributed by atoms with Gasteiger partial charge in [-0.2, -0.15) is 0 Å². The number of carboxylic acids is 1. The quantitative estimate of drug-likeness (QED) is 0.693. The fourth-order valence-electron chi connectivity index (χ4n) is 4.02. The van der Waals surface area contributed by atoms with Gasteiger partial charge in [0.05, 0.1) is 0 Å². The van der Waals surface area contributed by atoms with E-state index in [1.807, 2.05) is 11.3 Å². The van der Waals surface area contributed by atoms with Crippen molar-refractivity contribution in [2.45, 2.75) is 73.6 Å². The van der Waals surface area contributed by atoms with Gasteiger partial charge in [0.25, 0.3) is 0 Å². The maximum Gasteiger partial charge on any atom is 0.320 e. The maximum absolute atomic E-state index is 11.8. The van der Waals surface area contributed by atoms with Gasteiger partial charge in [0.15, 0.2) is 5.16 Å². The van der Waals surface area contributed by atoms with Gasteiger partial charge < -0.3 is 5.11 Å². The van der Waals surface area contributed by atoms with E-state index in [1.165, 1.54) is 54.4 Å². The number of carboxylic acid groups (broad SMARTS) is 1. The van der Waals surface area contributed by atoms with Gasteiger partial charge >= 0.3 is 5.97 Å². The summed E-state index contributed by atoms with van der Waals surface area (Å²) in [5.41, 5.74) is 3.01. The average Bonchev–Trinajstić information content (AvgIpc) is 3.28. The third-order valence-electron chi connectivity index (χ3n) is 5.81. The minimum absolute atomic E-state index is 0.678. The molecule has 0 saturated heterocycles. The third kappa shape index (κ3) is 2.67. The fourth-order valence-corrected chi connectivity index (χ4v) is 7.59. The number of halogens is 1. The maximum atomic E-state index is 11.8. The van der Waals surface area contributed by atoms with Crippen molar-refractivity contribution in [3.8, 4) is 5.00 Å². The van der Waals surface area contributed by atoms with Gasteiger partial charge in [-0.15, -0.1) is 21.5 Å². The molecule has 0 radical (unpaired) electrons. The highest BCUT2D eigenvalue weighted by Gasteiger charge is 2.47. The highest BCUT2D eigenvalue weighted by molar-refractivity contribution is 9.10. The largest absolute Gasteiger partial charge is 0.480 e. The number of fused-ring (bicyclic) bond motifs is 1. The minimum atomic E-state index is -0.735. The summed E-state index contributed by atoms with van der Waals surface area (Å²) in [6.07, 6.45) is 9.76. The zero-order chi connectivity index (χ0) is 17.9. The molecule has 0 bridgehead atoms. The van der Waals surface area contributed by atoms with Crippen LogP contribution in [0.25, 0.3) is 5.00 Å². The molecule has 2 fully saturated rings. The Morgan fingerprint density at radius 3 is 2.54 bits per heavy atom. The summed E-state index contributed by atoms with van der Waals surface area (Å²) in [6, 6.07) is 0. The first-order chi connectivity index (χ1) is 12.6. The number of aliphatic carboxylic acids is 1. The van der Waals surface area contributed by atoms with Crippen LogP contribution < -0.4 is 0 Å². The number of hydrogen-bond acceptors (Lipinski definition) is 5. The first kappa shape index (κ1) is 17.3. The van der Waals surface area contributed by atoms with Gasteiger partial charge in [-0.25, -0.2) is 0 Å². The highest BCUT2D eigenvalue weighted by Crippen LogP contribution is 2.52. The van der Waals surface area contributed by atoms with Gasteiger partial charge in [-0.05, 0) is 90.8 Å². The molecule has 0 aliphatic heterocycles. The van der Waals surface area contributed by atoms with Crippen molar-refractivity contribution in [1.29, 1.82) is 0 Å². The summed E-state index contributed by atoms with van der Waals surface area (Å²) >= 11 is 6.83. The van der Waals surface area contributed by atoms with Gasteiger partial charge in [-0.1, -0.05) is 11.8 Å². The van der Waals surface area contributed by atoms with Gasteiger partial charge in [0.2, 0.25) is 4.73 Å². The second-order valence-electron chi connectivity index (χ2n) is 7.55. The fraction of sp³-hybridized carbons (Fsp3) is 0.611. The molecular formula is C18H20BrN3O2S2. The highest BCUT2D eigenvalue weighted by atomic mass is 79.9. The standard InChI is InChI=1S/C18H20BrN3O2S2/c19-16-20-21-17(26-18(15(23)24)8-3-9-18)22(16)14-12-5-2-1-4-11(12)13(25-14)10-6-7-10/h10H,1-9H2,(H,23,24). The monoisotopic (exact) mass is 453 g/mol. The SMILES string of the molecule is O=C(O)C1(Sc2nnc(Br)n2-c2sc(C3CC3)c3c2CCCC3)CCC1. The second-order valence-corrected chi connectivity index (χ2v) is 10.6. The number of hydrogen-bond donors (Lipinski definition) is 1. The van der Waals surface area contributed by atoms with Crippen LogP contribution >= 0.6 is 39.0 Å². The first-order valence-electron chi connectivity index (χ1n) is 9.27. The van der Waals surface area contributed by atoms with E-state index in [2.05, 4.69) is 30.7 Å². The van der Waals surface area contributed by atoms with E-state index in [1.54, 1.807) is 10.4 Å². The number of aromatic nitrogens is 3. The molecule has 0 atom stereocenters. The van der Waals surface area contributed by atoms with E-state index in [0.29, 0.717) is 22.7 Å². The van der Waals surface area contributed by atoms with E-state index < -0.39 is 10.7 Å². The molecule has 0 amide bonds. The molecule has 0 unspecified atom stereocenters. The smallest absolute Gasteiger partial charge is 0.320 e. The van der Waals surface area contributed by atoms with Crippen molar-refractivity contribution in [1.82, 2.24) is 14.8 Å². The van der Waals surface area contributed by atoms with Crippen LogP contribution in [0.5, 0.6) is 0 Å². The Hall–Kier alpha value is -0.860. The molecule has 0 spiro atoms. The van der Waals surface area contributed by atoms with E-state index >= 15 is 0 Å². The number of nitrogens with zero attached hydrogens (tertiary/aromatic N) is 3. The molecule has 8 heteroatoms. The molecule has 1 N–H and O–H groups in total. The molecule has 0 aromatic carbocycles. The normalized spacial score (nSPS) is 21.3. The lowest BCUT2D eigenvalue weighted by atomic mass is 9.84. The first-order valence-corrected chi connectivity index (χ1v) is 11.7. The number of thioether (sulfide) groups is 1. The molecule has 138 valence electrons. The predicted molar refractivity (Wildman–Crippen MR) is 106 cm³/mol. The van der Waals surface area contributed by atoms with Crippen molar-refractivity contribution in [2.24, 2.45) is 0 Å². The van der Waals surface area contributed by atoms with Crippen LogP contribution in [0.15, 0.2) is 9.89 Å². The van der Waals surface area contributed by atoms with Crippen molar-refractivity contribution in [3.63, 3.8) is 0 Å². The zero-order valence-corrected chi connectivity index (χ0v) is 17.6. The Morgan fingerprint density at radius 2 is 1.92 bits per heavy atom. The lowest BCUT2D eigenvalue weighted by molar-refractivity contribution is -0.142. The molecular weight excluding hydrogens is 434 g/mol. The molecule has 3 aliphatic carbocycles. The Kier molecular flexibility index (Phi) is 4.21. The molecule has 2 aromatic heterocycles. The second kappa shape index (κ2) is 6.34. The van der Waals surface area contributed by atoms with E-state index in [4.69, 9.17) is 0 Å². The molecule has 5 nitrogen and oxygen atoms in total. The molecule has 3 aliphatic rings. The van der Waals surface area contributed by atoms with Crippen molar-refractivity contribution >= 4 is 45.0 Å². The summed E-state index contributed by atoms with van der Waals surface area (Å²) in [5.74, 6) is 0.00949. The molecule has 2 aromatic rings. The predicted octanol–water partition coefficient (Wildman–Crippen LogP) is 4.95.